The Morgan fingerprint density at radius 2 is 2.14 bits per heavy atom. The monoisotopic (exact) mass is 289 g/mol. The van der Waals surface area contributed by atoms with Crippen LogP contribution < -0.4 is 10.1 Å². The van der Waals surface area contributed by atoms with E-state index < -0.39 is 0 Å². The van der Waals surface area contributed by atoms with Crippen LogP contribution in [0.4, 0.5) is 0 Å². The van der Waals surface area contributed by atoms with Crippen LogP contribution in [0.2, 0.25) is 0 Å². The number of carbonyl (C=O) groups is 1. The van der Waals surface area contributed by atoms with Gasteiger partial charge in [0.05, 0.1) is 25.3 Å². The van der Waals surface area contributed by atoms with E-state index in [-0.39, 0.29) is 12.5 Å². The number of hydrogen-bond acceptors (Lipinski definition) is 5. The zero-order chi connectivity index (χ0) is 14.5. The Morgan fingerprint density at radius 1 is 1.33 bits per heavy atom. The molecule has 112 valence electrons. The van der Waals surface area contributed by atoms with E-state index in [1.54, 1.807) is 4.90 Å². The minimum absolute atomic E-state index is 0.00516. The first-order valence-corrected chi connectivity index (χ1v) is 7.20. The number of rotatable bonds is 4. The standard InChI is InChI=1S/C15H19N3O3/c19-14(18-7-9-20-10-8-18)11-21-13-4-2-1-3-12(13)15-16-5-6-17-15/h1-4H,5-11H2,(H,16,17). The van der Waals surface area contributed by atoms with E-state index in [4.69, 9.17) is 9.47 Å². The largest absolute Gasteiger partial charge is 0.483 e. The number of benzene rings is 1. The number of hydrogen-bond donors (Lipinski definition) is 1. The first-order chi connectivity index (χ1) is 10.3. The number of amides is 1. The summed E-state index contributed by atoms with van der Waals surface area (Å²) in [6.07, 6.45) is 0. The van der Waals surface area contributed by atoms with E-state index in [0.717, 1.165) is 24.5 Å². The second kappa shape index (κ2) is 6.58. The van der Waals surface area contributed by atoms with Crippen LogP contribution in [-0.2, 0) is 9.53 Å². The van der Waals surface area contributed by atoms with Crippen LogP contribution in [0.25, 0.3) is 0 Å². The van der Waals surface area contributed by atoms with Gasteiger partial charge < -0.3 is 19.7 Å². The fourth-order valence-electron chi connectivity index (χ4n) is 2.41. The lowest BCUT2D eigenvalue weighted by atomic mass is 10.2. The van der Waals surface area contributed by atoms with Crippen molar-refractivity contribution in [3.05, 3.63) is 29.8 Å². The maximum Gasteiger partial charge on any atom is 0.260 e. The minimum atomic E-state index is -0.00516. The Labute approximate surface area is 123 Å². The molecule has 0 spiro atoms. The molecule has 6 heteroatoms. The summed E-state index contributed by atoms with van der Waals surface area (Å²) in [5.41, 5.74) is 0.907. The van der Waals surface area contributed by atoms with Gasteiger partial charge in [0.2, 0.25) is 0 Å². The zero-order valence-electron chi connectivity index (χ0n) is 11.9. The normalized spacial score (nSPS) is 18.1. The van der Waals surface area contributed by atoms with Crippen molar-refractivity contribution >= 4 is 11.7 Å². The molecule has 0 radical (unpaired) electrons. The van der Waals surface area contributed by atoms with E-state index in [2.05, 4.69) is 10.3 Å². The lowest BCUT2D eigenvalue weighted by molar-refractivity contribution is -0.137. The number of carbonyl (C=O) groups excluding carboxylic acids is 1. The number of para-hydroxylation sites is 1. The molecule has 21 heavy (non-hydrogen) atoms. The van der Waals surface area contributed by atoms with Crippen molar-refractivity contribution in [3.63, 3.8) is 0 Å². The van der Waals surface area contributed by atoms with Gasteiger partial charge in [-0.05, 0) is 12.1 Å². The molecule has 1 saturated heterocycles. The summed E-state index contributed by atoms with van der Waals surface area (Å²) in [4.78, 5) is 18.3. The van der Waals surface area contributed by atoms with Crippen LogP contribution in [0, 0.1) is 0 Å². The summed E-state index contributed by atoms with van der Waals surface area (Å²) in [6, 6.07) is 7.65. The number of amidine groups is 1. The molecule has 0 atom stereocenters. The number of aliphatic imine (C=N–C) groups is 1. The molecule has 0 unspecified atom stereocenters. The number of ether oxygens (including phenoxy) is 2. The molecule has 0 saturated carbocycles. The summed E-state index contributed by atoms with van der Waals surface area (Å²) < 4.78 is 11.0. The second-order valence-corrected chi connectivity index (χ2v) is 4.94. The van der Waals surface area contributed by atoms with Gasteiger partial charge >= 0.3 is 0 Å². The Bertz CT molecular complexity index is 539. The highest BCUT2D eigenvalue weighted by molar-refractivity contribution is 6.02. The van der Waals surface area contributed by atoms with Crippen LogP contribution in [0.15, 0.2) is 29.3 Å². The molecular formula is C15H19N3O3. The number of nitrogens with one attached hydrogen (secondary N) is 1. The molecule has 2 aliphatic rings. The Hall–Kier alpha value is -2.08. The van der Waals surface area contributed by atoms with E-state index in [0.29, 0.717) is 32.1 Å². The first-order valence-electron chi connectivity index (χ1n) is 7.20. The second-order valence-electron chi connectivity index (χ2n) is 4.94. The fraction of sp³-hybridized carbons (Fsp3) is 0.467. The van der Waals surface area contributed by atoms with Crippen LogP contribution in [0.5, 0.6) is 5.75 Å². The van der Waals surface area contributed by atoms with E-state index in [9.17, 15) is 4.79 Å². The SMILES string of the molecule is O=C(COc1ccccc1C1=NCCN1)N1CCOCC1. The average Bonchev–Trinajstić information content (AvgIpc) is 3.08. The highest BCUT2D eigenvalue weighted by Crippen LogP contribution is 2.19. The lowest BCUT2D eigenvalue weighted by Crippen LogP contribution is -2.43. The van der Waals surface area contributed by atoms with Gasteiger partial charge in [0.15, 0.2) is 6.61 Å². The van der Waals surface area contributed by atoms with Gasteiger partial charge in [0.25, 0.3) is 5.91 Å². The quantitative estimate of drug-likeness (QED) is 0.864. The fourth-order valence-corrected chi connectivity index (χ4v) is 2.41. The Morgan fingerprint density at radius 3 is 2.90 bits per heavy atom. The number of morpholine rings is 1. The summed E-state index contributed by atoms with van der Waals surface area (Å²) in [6.45, 7) is 4.14. The molecule has 0 bridgehead atoms. The highest BCUT2D eigenvalue weighted by Gasteiger charge is 2.18. The summed E-state index contributed by atoms with van der Waals surface area (Å²) in [5, 5.41) is 3.22. The van der Waals surface area contributed by atoms with Crippen molar-refractivity contribution in [2.45, 2.75) is 0 Å². The van der Waals surface area contributed by atoms with Crippen molar-refractivity contribution in [1.82, 2.24) is 10.2 Å². The molecular weight excluding hydrogens is 270 g/mol. The number of nitrogens with zero attached hydrogens (tertiary/aromatic N) is 2. The minimum Gasteiger partial charge on any atom is -0.483 e. The van der Waals surface area contributed by atoms with Gasteiger partial charge in [0, 0.05) is 19.6 Å². The van der Waals surface area contributed by atoms with Crippen molar-refractivity contribution in [3.8, 4) is 5.75 Å². The van der Waals surface area contributed by atoms with Crippen LogP contribution in [-0.4, -0.2) is 62.6 Å². The third kappa shape index (κ3) is 3.33. The van der Waals surface area contributed by atoms with Crippen LogP contribution in [0.1, 0.15) is 5.56 Å². The summed E-state index contributed by atoms with van der Waals surface area (Å²) >= 11 is 0. The molecule has 2 aliphatic heterocycles. The maximum absolute atomic E-state index is 12.1. The highest BCUT2D eigenvalue weighted by atomic mass is 16.5. The van der Waals surface area contributed by atoms with Gasteiger partial charge in [-0.1, -0.05) is 12.1 Å². The predicted molar refractivity (Wildman–Crippen MR) is 78.7 cm³/mol. The van der Waals surface area contributed by atoms with E-state index in [1.165, 1.54) is 0 Å². The van der Waals surface area contributed by atoms with Crippen molar-refractivity contribution in [1.29, 1.82) is 0 Å². The average molecular weight is 289 g/mol. The lowest BCUT2D eigenvalue weighted by Gasteiger charge is -2.26. The third-order valence-electron chi connectivity index (χ3n) is 3.53. The molecule has 6 nitrogen and oxygen atoms in total. The third-order valence-corrected chi connectivity index (χ3v) is 3.53. The van der Waals surface area contributed by atoms with Crippen molar-refractivity contribution < 1.29 is 14.3 Å². The molecule has 1 fully saturated rings. The topological polar surface area (TPSA) is 63.2 Å². The predicted octanol–water partition coefficient (Wildman–Crippen LogP) is 0.274. The van der Waals surface area contributed by atoms with Gasteiger partial charge in [-0.15, -0.1) is 0 Å². The molecule has 1 aromatic carbocycles. The Kier molecular flexibility index (Phi) is 4.35. The molecule has 1 aromatic rings. The molecule has 1 amide bonds. The molecule has 2 heterocycles. The van der Waals surface area contributed by atoms with Crippen LogP contribution in [0.3, 0.4) is 0 Å². The van der Waals surface area contributed by atoms with Crippen LogP contribution >= 0.6 is 0 Å². The van der Waals surface area contributed by atoms with Gasteiger partial charge in [-0.25, -0.2) is 0 Å². The smallest absolute Gasteiger partial charge is 0.260 e. The van der Waals surface area contributed by atoms with Crippen molar-refractivity contribution in [2.75, 3.05) is 46.0 Å². The molecule has 3 rings (SSSR count). The zero-order valence-corrected chi connectivity index (χ0v) is 11.9. The van der Waals surface area contributed by atoms with Gasteiger partial charge in [0.1, 0.15) is 11.6 Å². The van der Waals surface area contributed by atoms with Crippen molar-refractivity contribution in [2.24, 2.45) is 4.99 Å². The Balaban J connectivity index is 1.63. The van der Waals surface area contributed by atoms with E-state index >= 15 is 0 Å². The summed E-state index contributed by atoms with van der Waals surface area (Å²) in [5.74, 6) is 1.52. The van der Waals surface area contributed by atoms with Gasteiger partial charge in [-0.3, -0.25) is 9.79 Å². The first kappa shape index (κ1) is 13.9. The summed E-state index contributed by atoms with van der Waals surface area (Å²) in [7, 11) is 0. The maximum atomic E-state index is 12.1. The van der Waals surface area contributed by atoms with E-state index in [1.807, 2.05) is 24.3 Å². The van der Waals surface area contributed by atoms with Gasteiger partial charge in [-0.2, -0.15) is 0 Å². The molecule has 1 N–H and O–H groups in total. The molecule has 0 aliphatic carbocycles. The molecule has 0 aromatic heterocycles.